The minimum Gasteiger partial charge on any atom is -0.344 e. The molecule has 1 heterocycles. The molecule has 0 atom stereocenters. The van der Waals surface area contributed by atoms with Gasteiger partial charge in [0.1, 0.15) is 0 Å². The van der Waals surface area contributed by atoms with Gasteiger partial charge < -0.3 is 9.47 Å². The number of hydrogen-bond donors (Lipinski definition) is 0. The third kappa shape index (κ3) is 3.52. The Bertz CT molecular complexity index is 713. The van der Waals surface area contributed by atoms with Crippen molar-refractivity contribution in [1.29, 1.82) is 0 Å². The van der Waals surface area contributed by atoms with Gasteiger partial charge in [-0.3, -0.25) is 4.79 Å². The maximum Gasteiger partial charge on any atom is 0.224 e. The summed E-state index contributed by atoms with van der Waals surface area (Å²) in [5.74, 6) is 0.147. The molecule has 1 amide bonds. The molecule has 1 aliphatic carbocycles. The average Bonchev–Trinajstić information content (AvgIpc) is 3.18. The van der Waals surface area contributed by atoms with Gasteiger partial charge in [-0.25, -0.2) is 0 Å². The standard InChI is InChI=1S/C19H23BrN2O/c1-15(23)22(17-6-2-3-7-17)18-9-8-16-10-13-21(19(16)14-18)12-5-4-11-20/h4-5,8-10,13-14,17H,2-3,6-7,11-12H2,1H3. The molecule has 0 aliphatic heterocycles. The van der Waals surface area contributed by atoms with Crippen LogP contribution in [-0.4, -0.2) is 21.8 Å². The van der Waals surface area contributed by atoms with Gasteiger partial charge in [0.05, 0.1) is 5.52 Å². The molecule has 3 nitrogen and oxygen atoms in total. The number of carbonyl (C=O) groups is 1. The number of carbonyl (C=O) groups excluding carboxylic acids is 1. The normalized spacial score (nSPS) is 15.7. The first kappa shape index (κ1) is 16.3. The van der Waals surface area contributed by atoms with Crippen LogP contribution in [0, 0.1) is 0 Å². The van der Waals surface area contributed by atoms with Crippen LogP contribution in [-0.2, 0) is 11.3 Å². The zero-order valence-electron chi connectivity index (χ0n) is 13.5. The Kier molecular flexibility index (Phi) is 5.21. The number of aromatic nitrogens is 1. The van der Waals surface area contributed by atoms with Crippen LogP contribution in [0.5, 0.6) is 0 Å². The topological polar surface area (TPSA) is 25.2 Å². The van der Waals surface area contributed by atoms with Gasteiger partial charge in [0.2, 0.25) is 5.91 Å². The van der Waals surface area contributed by atoms with Crippen LogP contribution in [0.4, 0.5) is 5.69 Å². The molecule has 1 fully saturated rings. The fourth-order valence-corrected chi connectivity index (χ4v) is 3.81. The Hall–Kier alpha value is -1.55. The van der Waals surface area contributed by atoms with Gasteiger partial charge in [0, 0.05) is 36.7 Å². The van der Waals surface area contributed by atoms with Gasteiger partial charge in [-0.15, -0.1) is 0 Å². The van der Waals surface area contributed by atoms with Crippen molar-refractivity contribution in [2.45, 2.75) is 45.2 Å². The number of anilines is 1. The number of hydrogen-bond acceptors (Lipinski definition) is 1. The Balaban J connectivity index is 1.95. The number of halogens is 1. The lowest BCUT2D eigenvalue weighted by molar-refractivity contribution is -0.117. The molecule has 0 radical (unpaired) electrons. The zero-order chi connectivity index (χ0) is 16.2. The molecule has 0 saturated heterocycles. The molecule has 1 aliphatic rings. The first-order valence-electron chi connectivity index (χ1n) is 8.30. The van der Waals surface area contributed by atoms with Gasteiger partial charge in [0.15, 0.2) is 0 Å². The van der Waals surface area contributed by atoms with Crippen molar-refractivity contribution in [2.75, 3.05) is 10.2 Å². The predicted octanol–water partition coefficient (Wildman–Crippen LogP) is 4.89. The van der Waals surface area contributed by atoms with Crippen LogP contribution >= 0.6 is 15.9 Å². The monoisotopic (exact) mass is 374 g/mol. The van der Waals surface area contributed by atoms with E-state index in [1.54, 1.807) is 6.92 Å². The molecule has 0 N–H and O–H groups in total. The highest BCUT2D eigenvalue weighted by atomic mass is 79.9. The Morgan fingerprint density at radius 1 is 1.30 bits per heavy atom. The number of benzene rings is 1. The highest BCUT2D eigenvalue weighted by molar-refractivity contribution is 9.09. The van der Waals surface area contributed by atoms with Crippen LogP contribution in [0.25, 0.3) is 10.9 Å². The summed E-state index contributed by atoms with van der Waals surface area (Å²) in [5, 5.41) is 2.09. The molecule has 0 spiro atoms. The maximum absolute atomic E-state index is 12.2. The number of fused-ring (bicyclic) bond motifs is 1. The van der Waals surface area contributed by atoms with Crippen molar-refractivity contribution >= 4 is 38.4 Å². The third-order valence-corrected chi connectivity index (χ3v) is 5.00. The van der Waals surface area contributed by atoms with E-state index < -0.39 is 0 Å². The fraction of sp³-hybridized carbons (Fsp3) is 0.421. The Labute approximate surface area is 146 Å². The molecule has 1 aromatic heterocycles. The third-order valence-electron chi connectivity index (χ3n) is 4.62. The van der Waals surface area contributed by atoms with Gasteiger partial charge in [-0.2, -0.15) is 0 Å². The second-order valence-corrected chi connectivity index (χ2v) is 6.81. The van der Waals surface area contributed by atoms with Crippen molar-refractivity contribution < 1.29 is 4.79 Å². The molecule has 3 rings (SSSR count). The van der Waals surface area contributed by atoms with Crippen LogP contribution in [0.1, 0.15) is 32.6 Å². The van der Waals surface area contributed by atoms with Crippen LogP contribution in [0.15, 0.2) is 42.6 Å². The number of nitrogens with zero attached hydrogens (tertiary/aromatic N) is 2. The lowest BCUT2D eigenvalue weighted by Crippen LogP contribution is -2.37. The summed E-state index contributed by atoms with van der Waals surface area (Å²) in [5.41, 5.74) is 2.22. The second kappa shape index (κ2) is 7.35. The zero-order valence-corrected chi connectivity index (χ0v) is 15.1. The summed E-state index contributed by atoms with van der Waals surface area (Å²) in [6.07, 6.45) is 11.1. The van der Waals surface area contributed by atoms with Gasteiger partial charge >= 0.3 is 0 Å². The summed E-state index contributed by atoms with van der Waals surface area (Å²) in [6, 6.07) is 8.87. The summed E-state index contributed by atoms with van der Waals surface area (Å²) < 4.78 is 2.23. The molecule has 1 aromatic carbocycles. The van der Waals surface area contributed by atoms with Crippen LogP contribution in [0.3, 0.4) is 0 Å². The van der Waals surface area contributed by atoms with Crippen molar-refractivity contribution in [3.8, 4) is 0 Å². The molecule has 0 bridgehead atoms. The fourth-order valence-electron chi connectivity index (χ4n) is 3.54. The lowest BCUT2D eigenvalue weighted by Gasteiger charge is -2.28. The number of amides is 1. The Morgan fingerprint density at radius 2 is 2.09 bits per heavy atom. The largest absolute Gasteiger partial charge is 0.344 e. The van der Waals surface area contributed by atoms with Gasteiger partial charge in [-0.1, -0.05) is 47.0 Å². The summed E-state index contributed by atoms with van der Waals surface area (Å²) in [7, 11) is 0. The maximum atomic E-state index is 12.2. The lowest BCUT2D eigenvalue weighted by atomic mass is 10.1. The summed E-state index contributed by atoms with van der Waals surface area (Å²) >= 11 is 3.41. The van der Waals surface area contributed by atoms with Gasteiger partial charge in [0.25, 0.3) is 0 Å². The average molecular weight is 375 g/mol. The van der Waals surface area contributed by atoms with E-state index in [1.165, 1.54) is 23.7 Å². The molecule has 1 saturated carbocycles. The smallest absolute Gasteiger partial charge is 0.224 e. The summed E-state index contributed by atoms with van der Waals surface area (Å²) in [6.45, 7) is 2.53. The van der Waals surface area contributed by atoms with E-state index in [9.17, 15) is 4.79 Å². The minimum atomic E-state index is 0.147. The van der Waals surface area contributed by atoms with E-state index in [0.717, 1.165) is 30.4 Å². The molecular formula is C19H23BrN2O. The number of rotatable bonds is 5. The highest BCUT2D eigenvalue weighted by Crippen LogP contribution is 2.30. The molecular weight excluding hydrogens is 352 g/mol. The molecule has 122 valence electrons. The highest BCUT2D eigenvalue weighted by Gasteiger charge is 2.26. The van der Waals surface area contributed by atoms with E-state index in [4.69, 9.17) is 0 Å². The first-order chi connectivity index (χ1) is 11.2. The second-order valence-electron chi connectivity index (χ2n) is 6.16. The predicted molar refractivity (Wildman–Crippen MR) is 100 cm³/mol. The first-order valence-corrected chi connectivity index (χ1v) is 9.42. The Morgan fingerprint density at radius 3 is 2.78 bits per heavy atom. The van der Waals surface area contributed by atoms with Gasteiger partial charge in [-0.05, 0) is 36.4 Å². The van der Waals surface area contributed by atoms with Crippen molar-refractivity contribution in [3.05, 3.63) is 42.6 Å². The molecule has 4 heteroatoms. The minimum absolute atomic E-state index is 0.147. The van der Waals surface area contributed by atoms with E-state index in [1.807, 2.05) is 4.90 Å². The van der Waals surface area contributed by atoms with Crippen LogP contribution < -0.4 is 4.90 Å². The molecule has 0 unspecified atom stereocenters. The van der Waals surface area contributed by atoms with E-state index in [2.05, 4.69) is 63.1 Å². The van der Waals surface area contributed by atoms with E-state index >= 15 is 0 Å². The van der Waals surface area contributed by atoms with Crippen molar-refractivity contribution in [1.82, 2.24) is 4.57 Å². The SMILES string of the molecule is CC(=O)N(c1ccc2ccn(CC=CCBr)c2c1)C1CCCC1. The van der Waals surface area contributed by atoms with Crippen molar-refractivity contribution in [2.24, 2.45) is 0 Å². The number of alkyl halides is 1. The van der Waals surface area contributed by atoms with E-state index in [-0.39, 0.29) is 5.91 Å². The van der Waals surface area contributed by atoms with Crippen LogP contribution in [0.2, 0.25) is 0 Å². The molecule has 2 aromatic rings. The summed E-state index contributed by atoms with van der Waals surface area (Å²) in [4.78, 5) is 14.2. The van der Waals surface area contributed by atoms with Crippen molar-refractivity contribution in [3.63, 3.8) is 0 Å². The quantitative estimate of drug-likeness (QED) is 0.540. The number of allylic oxidation sites excluding steroid dienone is 2. The molecule has 23 heavy (non-hydrogen) atoms. The van der Waals surface area contributed by atoms with E-state index in [0.29, 0.717) is 6.04 Å².